The highest BCUT2D eigenvalue weighted by Crippen LogP contribution is 2.38. The van der Waals surface area contributed by atoms with Gasteiger partial charge in [-0.2, -0.15) is 0 Å². The average molecular weight is 705 g/mol. The van der Waals surface area contributed by atoms with Gasteiger partial charge in [-0.25, -0.2) is 4.98 Å². The largest absolute Gasteiger partial charge is 0.493 e. The summed E-state index contributed by atoms with van der Waals surface area (Å²) >= 11 is 6.43. The van der Waals surface area contributed by atoms with E-state index < -0.39 is 0 Å². The van der Waals surface area contributed by atoms with Crippen LogP contribution in [0.3, 0.4) is 0 Å². The highest BCUT2D eigenvalue weighted by molar-refractivity contribution is 6.30. The van der Waals surface area contributed by atoms with E-state index in [0.717, 1.165) is 61.9 Å². The van der Waals surface area contributed by atoms with E-state index in [-0.39, 0.29) is 23.5 Å². The van der Waals surface area contributed by atoms with Crippen molar-refractivity contribution in [2.75, 3.05) is 67.8 Å². The van der Waals surface area contributed by atoms with Gasteiger partial charge in [0.25, 0.3) is 5.91 Å². The molecule has 0 spiro atoms. The van der Waals surface area contributed by atoms with Crippen LogP contribution < -0.4 is 14.2 Å². The first kappa shape index (κ1) is 37.1. The van der Waals surface area contributed by atoms with Gasteiger partial charge >= 0.3 is 0 Å². The molecule has 2 heterocycles. The fourth-order valence-electron chi connectivity index (χ4n) is 6.79. The van der Waals surface area contributed by atoms with Crippen LogP contribution in [-0.2, 0) is 11.3 Å². The quantitative estimate of drug-likeness (QED) is 0.0859. The summed E-state index contributed by atoms with van der Waals surface area (Å²) < 4.78 is 24.2. The van der Waals surface area contributed by atoms with Crippen molar-refractivity contribution in [1.82, 2.24) is 19.4 Å². The van der Waals surface area contributed by atoms with Gasteiger partial charge in [0.2, 0.25) is 11.5 Å². The third kappa shape index (κ3) is 8.78. The molecule has 1 saturated heterocycles. The Morgan fingerprint density at radius 2 is 1.66 bits per heavy atom. The van der Waals surface area contributed by atoms with Crippen LogP contribution >= 0.6 is 11.6 Å². The highest BCUT2D eigenvalue weighted by Gasteiger charge is 2.30. The summed E-state index contributed by atoms with van der Waals surface area (Å²) in [5.74, 6) is 1.74. The number of benzene rings is 3. The van der Waals surface area contributed by atoms with Gasteiger partial charge in [-0.15, -0.1) is 0 Å². The minimum atomic E-state index is -0.154. The number of fused-ring (bicyclic) bond motifs is 1. The van der Waals surface area contributed by atoms with Crippen molar-refractivity contribution < 1.29 is 28.5 Å². The second kappa shape index (κ2) is 17.7. The Kier molecular flexibility index (Phi) is 13.1. The minimum absolute atomic E-state index is 0.0406. The number of halogens is 1. The summed E-state index contributed by atoms with van der Waals surface area (Å²) in [5, 5.41) is 0.661. The molecule has 1 aliphatic heterocycles. The summed E-state index contributed by atoms with van der Waals surface area (Å²) in [4.78, 5) is 36.5. The zero-order valence-electron chi connectivity index (χ0n) is 29.8. The van der Waals surface area contributed by atoms with Gasteiger partial charge < -0.3 is 33.3 Å². The molecule has 1 atom stereocenters. The molecule has 0 bridgehead atoms. The number of aromatic nitrogens is 2. The molecule has 0 radical (unpaired) electrons. The molecule has 1 amide bonds. The Hall–Kier alpha value is -4.12. The number of carbonyl (C=O) groups is 2. The van der Waals surface area contributed by atoms with E-state index >= 15 is 0 Å². The lowest BCUT2D eigenvalue weighted by Crippen LogP contribution is -2.39. The van der Waals surface area contributed by atoms with Crippen LogP contribution in [-0.4, -0.2) is 98.8 Å². The van der Waals surface area contributed by atoms with Gasteiger partial charge in [0.15, 0.2) is 17.3 Å². The van der Waals surface area contributed by atoms with Crippen LogP contribution in [0.2, 0.25) is 5.02 Å². The standard InChI is InChI=1S/C39H49ClN4O6/c1-6-21-50-22-20-44-33-13-8-7-12-32(33)41-38(44)36(45)27-14-17-43(18-15-27)19-16-29(28-10-9-11-31(40)23-28)26-42(2)39(46)30-24-34(47-3)37(49-5)35(25-30)48-4/h7-13,23-25,27,29H,6,14-22,26H2,1-5H3/t29-/m0/s1. The number of rotatable bonds is 17. The maximum absolute atomic E-state index is 13.9. The Morgan fingerprint density at radius 3 is 2.32 bits per heavy atom. The number of likely N-dealkylation sites (tertiary alicyclic amines) is 1. The number of imidazole rings is 1. The predicted molar refractivity (Wildman–Crippen MR) is 196 cm³/mol. The Labute approximate surface area is 300 Å². The SMILES string of the molecule is CCCOCCn1c(C(=O)C2CCN(CC[C@@H](CN(C)C(=O)c3cc(OC)c(OC)c(OC)c3)c3cccc(Cl)c3)CC2)nc2ccccc21. The normalized spacial score (nSPS) is 14.4. The van der Waals surface area contributed by atoms with Gasteiger partial charge in [0.05, 0.1) is 39.0 Å². The van der Waals surface area contributed by atoms with Gasteiger partial charge in [-0.1, -0.05) is 42.8 Å². The zero-order valence-corrected chi connectivity index (χ0v) is 30.6. The Bertz CT molecular complexity index is 1730. The van der Waals surface area contributed by atoms with Crippen LogP contribution in [0, 0.1) is 5.92 Å². The second-order valence-electron chi connectivity index (χ2n) is 12.8. The number of likely N-dealkylation sites (N-methyl/N-ethyl adjacent to an activating group) is 1. The molecule has 1 fully saturated rings. The summed E-state index contributed by atoms with van der Waals surface area (Å²) in [6.07, 6.45) is 3.32. The van der Waals surface area contributed by atoms with E-state index in [2.05, 4.69) is 17.9 Å². The van der Waals surface area contributed by atoms with E-state index in [1.807, 2.05) is 54.1 Å². The first-order valence-corrected chi connectivity index (χ1v) is 17.8. The van der Waals surface area contributed by atoms with Crippen LogP contribution in [0.5, 0.6) is 17.2 Å². The molecule has 50 heavy (non-hydrogen) atoms. The van der Waals surface area contributed by atoms with Crippen LogP contribution in [0.15, 0.2) is 60.7 Å². The predicted octanol–water partition coefficient (Wildman–Crippen LogP) is 6.98. The van der Waals surface area contributed by atoms with E-state index in [1.165, 1.54) is 21.3 Å². The van der Waals surface area contributed by atoms with Crippen molar-refractivity contribution in [3.05, 3.63) is 82.6 Å². The van der Waals surface area contributed by atoms with Gasteiger partial charge in [-0.3, -0.25) is 9.59 Å². The van der Waals surface area contributed by atoms with Gasteiger partial charge in [0, 0.05) is 49.2 Å². The van der Waals surface area contributed by atoms with Crippen molar-refractivity contribution in [3.63, 3.8) is 0 Å². The molecule has 0 N–H and O–H groups in total. The molecule has 1 aromatic heterocycles. The molecule has 0 saturated carbocycles. The van der Waals surface area contributed by atoms with Crippen molar-refractivity contribution >= 4 is 34.3 Å². The lowest BCUT2D eigenvalue weighted by molar-refractivity contribution is 0.0778. The number of nitrogens with zero attached hydrogens (tertiary/aromatic N) is 4. The number of ether oxygens (including phenoxy) is 4. The van der Waals surface area contributed by atoms with Crippen LogP contribution in [0.1, 0.15) is 65.1 Å². The fraction of sp³-hybridized carbons (Fsp3) is 0.462. The number of carbonyl (C=O) groups excluding carboxylic acids is 2. The smallest absolute Gasteiger partial charge is 0.253 e. The van der Waals surface area contributed by atoms with E-state index in [9.17, 15) is 9.59 Å². The van der Waals surface area contributed by atoms with E-state index in [1.54, 1.807) is 17.0 Å². The molecule has 0 aliphatic carbocycles. The number of piperidine rings is 1. The topological polar surface area (TPSA) is 95.4 Å². The first-order valence-electron chi connectivity index (χ1n) is 17.4. The molecule has 3 aromatic carbocycles. The maximum atomic E-state index is 13.9. The van der Waals surface area contributed by atoms with Crippen molar-refractivity contribution in [2.24, 2.45) is 5.92 Å². The Balaban J connectivity index is 1.24. The maximum Gasteiger partial charge on any atom is 0.253 e. The molecule has 11 heteroatoms. The van der Waals surface area contributed by atoms with Gasteiger partial charge in [0.1, 0.15) is 0 Å². The number of Topliss-reactive ketones (excluding diaryl/α,β-unsaturated/α-hetero) is 1. The van der Waals surface area contributed by atoms with Crippen molar-refractivity contribution in [3.8, 4) is 17.2 Å². The molecular weight excluding hydrogens is 656 g/mol. The number of hydrogen-bond acceptors (Lipinski definition) is 8. The van der Waals surface area contributed by atoms with Crippen molar-refractivity contribution in [2.45, 2.75) is 45.1 Å². The average Bonchev–Trinajstić information content (AvgIpc) is 3.52. The molecule has 1 aliphatic rings. The van der Waals surface area contributed by atoms with E-state index in [0.29, 0.717) is 60.0 Å². The third-order valence-electron chi connectivity index (χ3n) is 9.51. The van der Waals surface area contributed by atoms with Gasteiger partial charge in [-0.05, 0) is 87.3 Å². The number of para-hydroxylation sites is 2. The molecule has 268 valence electrons. The number of hydrogen-bond donors (Lipinski definition) is 0. The summed E-state index contributed by atoms with van der Waals surface area (Å²) in [6.45, 7) is 6.89. The summed E-state index contributed by atoms with van der Waals surface area (Å²) in [6, 6.07) is 19.1. The lowest BCUT2D eigenvalue weighted by atomic mass is 9.90. The number of methoxy groups -OCH3 is 3. The lowest BCUT2D eigenvalue weighted by Gasteiger charge is -2.33. The number of amides is 1. The summed E-state index contributed by atoms with van der Waals surface area (Å²) in [5.41, 5.74) is 3.33. The third-order valence-corrected chi connectivity index (χ3v) is 9.74. The van der Waals surface area contributed by atoms with E-state index in [4.69, 9.17) is 35.5 Å². The molecule has 5 rings (SSSR count). The monoisotopic (exact) mass is 704 g/mol. The van der Waals surface area contributed by atoms with Crippen LogP contribution in [0.4, 0.5) is 0 Å². The fourth-order valence-corrected chi connectivity index (χ4v) is 6.99. The molecule has 0 unspecified atom stereocenters. The minimum Gasteiger partial charge on any atom is -0.493 e. The molecular formula is C39H49ClN4O6. The summed E-state index contributed by atoms with van der Waals surface area (Å²) in [7, 11) is 6.41. The molecule has 10 nitrogen and oxygen atoms in total. The van der Waals surface area contributed by atoms with Crippen LogP contribution in [0.25, 0.3) is 11.0 Å². The molecule has 4 aromatic rings. The highest BCUT2D eigenvalue weighted by atomic mass is 35.5. The second-order valence-corrected chi connectivity index (χ2v) is 13.2. The Morgan fingerprint density at radius 1 is 0.940 bits per heavy atom. The number of ketones is 1. The van der Waals surface area contributed by atoms with Crippen molar-refractivity contribution in [1.29, 1.82) is 0 Å². The first-order chi connectivity index (χ1) is 24.3. The zero-order chi connectivity index (χ0) is 35.6.